The number of likely N-dealkylation sites (tertiary alicyclic amines) is 1. The highest BCUT2D eigenvalue weighted by Crippen LogP contribution is 2.64. The van der Waals surface area contributed by atoms with Crippen LogP contribution in [-0.2, 0) is 27.0 Å². The molecule has 6 rings (SSSR count). The van der Waals surface area contributed by atoms with Gasteiger partial charge in [-0.1, -0.05) is 6.07 Å². The molecule has 0 radical (unpaired) electrons. The number of aliphatic hydroxyl groups is 1. The van der Waals surface area contributed by atoms with Crippen LogP contribution in [0.4, 0.5) is 0 Å². The summed E-state index contributed by atoms with van der Waals surface area (Å²) in [7, 11) is -4.67. The van der Waals surface area contributed by atoms with Crippen LogP contribution in [0.3, 0.4) is 0 Å². The topological polar surface area (TPSA) is 145 Å². The van der Waals surface area contributed by atoms with Crippen molar-refractivity contribution < 1.29 is 37.3 Å². The first-order valence-electron chi connectivity index (χ1n) is 10.3. The fraction of sp³-hybridized carbons (Fsp3) is 0.650. The SMILES string of the molecule is Cl.O=C1CC[C@@]2(O)[C@H]3Cc4ccc(O)c5c4[C@@]2(CCN3CC2CC2)[C@H]1O5.O=S(=O)(O)O. The minimum absolute atomic E-state index is 0. The van der Waals surface area contributed by atoms with Gasteiger partial charge in [-0.15, -0.1) is 12.4 Å². The summed E-state index contributed by atoms with van der Waals surface area (Å²) >= 11 is 0. The number of benzene rings is 1. The lowest BCUT2D eigenvalue weighted by molar-refractivity contribution is -0.188. The number of carbonyl (C=O) groups excluding carboxylic acids is 1. The van der Waals surface area contributed by atoms with Crippen molar-refractivity contribution in [1.82, 2.24) is 4.90 Å². The van der Waals surface area contributed by atoms with Crippen LogP contribution in [0.25, 0.3) is 0 Å². The van der Waals surface area contributed by atoms with E-state index in [1.807, 2.05) is 6.07 Å². The van der Waals surface area contributed by atoms with Gasteiger partial charge in [-0.25, -0.2) is 0 Å². The molecule has 0 amide bonds. The minimum Gasteiger partial charge on any atom is -0.504 e. The quantitative estimate of drug-likeness (QED) is 0.465. The first-order chi connectivity index (χ1) is 14.0. The third-order valence-corrected chi connectivity index (χ3v) is 7.56. The van der Waals surface area contributed by atoms with Gasteiger partial charge in [-0.05, 0) is 56.2 Å². The van der Waals surface area contributed by atoms with Crippen LogP contribution >= 0.6 is 12.4 Å². The van der Waals surface area contributed by atoms with Gasteiger partial charge in [-0.3, -0.25) is 18.8 Å². The van der Waals surface area contributed by atoms with E-state index in [9.17, 15) is 15.0 Å². The van der Waals surface area contributed by atoms with Crippen LogP contribution in [0.1, 0.15) is 43.2 Å². The van der Waals surface area contributed by atoms with E-state index < -0.39 is 27.5 Å². The van der Waals surface area contributed by atoms with Gasteiger partial charge in [0.2, 0.25) is 0 Å². The van der Waals surface area contributed by atoms with Crippen molar-refractivity contribution in [1.29, 1.82) is 0 Å². The Bertz CT molecular complexity index is 1020. The zero-order valence-corrected chi connectivity index (χ0v) is 18.4. The summed E-state index contributed by atoms with van der Waals surface area (Å²) in [6, 6.07) is 3.69. The predicted molar refractivity (Wildman–Crippen MR) is 111 cm³/mol. The number of ether oxygens (including phenoxy) is 1. The van der Waals surface area contributed by atoms with E-state index in [4.69, 9.17) is 22.3 Å². The highest BCUT2D eigenvalue weighted by atomic mass is 35.5. The molecular weight excluding hydrogens is 450 g/mol. The maximum absolute atomic E-state index is 12.7. The molecule has 2 aliphatic heterocycles. The molecule has 0 aromatic heterocycles. The third-order valence-electron chi connectivity index (χ3n) is 7.56. The van der Waals surface area contributed by atoms with E-state index in [0.29, 0.717) is 18.6 Å². The second kappa shape index (κ2) is 7.29. The molecule has 1 saturated heterocycles. The van der Waals surface area contributed by atoms with Gasteiger partial charge in [0.1, 0.15) is 0 Å². The van der Waals surface area contributed by atoms with E-state index in [1.54, 1.807) is 6.07 Å². The van der Waals surface area contributed by atoms with Gasteiger partial charge >= 0.3 is 10.4 Å². The predicted octanol–water partition coefficient (Wildman–Crippen LogP) is 1.29. The maximum Gasteiger partial charge on any atom is 0.394 e. The number of Topliss-reactive ketones (excluding diaryl/α,β-unsaturated/α-hetero) is 1. The number of hydrogen-bond donors (Lipinski definition) is 4. The average molecular weight is 476 g/mol. The lowest BCUT2D eigenvalue weighted by atomic mass is 9.49. The average Bonchev–Trinajstić information content (AvgIpc) is 3.38. The lowest BCUT2D eigenvalue weighted by Gasteiger charge is -2.62. The molecule has 11 heteroatoms. The molecule has 1 aromatic rings. The number of aromatic hydroxyl groups is 1. The highest BCUT2D eigenvalue weighted by molar-refractivity contribution is 7.79. The number of carbonyl (C=O) groups is 1. The lowest BCUT2D eigenvalue weighted by Crippen LogP contribution is -2.76. The second-order valence-corrected chi connectivity index (χ2v) is 10.1. The van der Waals surface area contributed by atoms with Crippen molar-refractivity contribution in [2.75, 3.05) is 13.1 Å². The van der Waals surface area contributed by atoms with Gasteiger partial charge in [0.05, 0.1) is 11.0 Å². The van der Waals surface area contributed by atoms with Crippen LogP contribution in [0.5, 0.6) is 11.5 Å². The zero-order valence-electron chi connectivity index (χ0n) is 16.7. The number of phenols is 1. The van der Waals surface area contributed by atoms with Crippen LogP contribution in [0.15, 0.2) is 12.1 Å². The molecule has 4 N–H and O–H groups in total. The van der Waals surface area contributed by atoms with E-state index in [2.05, 4.69) is 4.90 Å². The first kappa shape index (κ1) is 22.8. The van der Waals surface area contributed by atoms with Crippen molar-refractivity contribution in [3.63, 3.8) is 0 Å². The summed E-state index contributed by atoms with van der Waals surface area (Å²) in [5.41, 5.74) is 0.454. The summed E-state index contributed by atoms with van der Waals surface area (Å²) in [6.07, 6.45) is 4.33. The molecule has 4 atom stereocenters. The number of nitrogens with zero attached hydrogens (tertiary/aromatic N) is 1. The van der Waals surface area contributed by atoms with Crippen molar-refractivity contribution in [3.8, 4) is 11.5 Å². The van der Waals surface area contributed by atoms with Gasteiger partial charge in [0.15, 0.2) is 23.4 Å². The molecule has 5 aliphatic rings. The van der Waals surface area contributed by atoms with E-state index >= 15 is 0 Å². The Balaban J connectivity index is 0.000000350. The summed E-state index contributed by atoms with van der Waals surface area (Å²) in [5.74, 6) is 1.39. The fourth-order valence-electron chi connectivity index (χ4n) is 6.26. The summed E-state index contributed by atoms with van der Waals surface area (Å²) in [4.78, 5) is 15.2. The van der Waals surface area contributed by atoms with Gasteiger partial charge < -0.3 is 14.9 Å². The fourth-order valence-corrected chi connectivity index (χ4v) is 6.26. The van der Waals surface area contributed by atoms with E-state index in [-0.39, 0.29) is 30.0 Å². The van der Waals surface area contributed by atoms with Gasteiger partial charge in [0.25, 0.3) is 0 Å². The summed E-state index contributed by atoms with van der Waals surface area (Å²) in [6.45, 7) is 1.95. The smallest absolute Gasteiger partial charge is 0.394 e. The van der Waals surface area contributed by atoms with Crippen molar-refractivity contribution in [2.45, 2.75) is 61.7 Å². The molecule has 2 saturated carbocycles. The van der Waals surface area contributed by atoms with Crippen molar-refractivity contribution >= 4 is 28.6 Å². The van der Waals surface area contributed by atoms with Gasteiger partial charge in [-0.2, -0.15) is 8.42 Å². The standard InChI is InChI=1S/C20H23NO4.ClH.H2O4S/c22-13-4-3-12-9-15-20(24)6-5-14(23)18-19(20,16(12)17(13)25-18)7-8-21(15)10-11-1-2-11;;1-5(2,3)4/h3-4,11,15,18,22,24H,1-2,5-10H2;1H;(H2,1,2,3,4)/t15-,18+,19+,20-;;/m1../s1. The number of ketones is 1. The van der Waals surface area contributed by atoms with E-state index in [0.717, 1.165) is 43.0 Å². The molecule has 31 heavy (non-hydrogen) atoms. The highest BCUT2D eigenvalue weighted by Gasteiger charge is 2.73. The maximum atomic E-state index is 12.7. The zero-order chi connectivity index (χ0) is 21.5. The Labute approximate surface area is 186 Å². The van der Waals surface area contributed by atoms with Crippen LogP contribution in [0, 0.1) is 5.92 Å². The Morgan fingerprint density at radius 1 is 1.19 bits per heavy atom. The monoisotopic (exact) mass is 475 g/mol. The largest absolute Gasteiger partial charge is 0.504 e. The molecule has 2 bridgehead atoms. The molecule has 2 heterocycles. The van der Waals surface area contributed by atoms with Gasteiger partial charge in [0, 0.05) is 24.6 Å². The van der Waals surface area contributed by atoms with Crippen LogP contribution in [0.2, 0.25) is 0 Å². The molecule has 1 aromatic carbocycles. The van der Waals surface area contributed by atoms with Crippen LogP contribution < -0.4 is 4.74 Å². The molecule has 172 valence electrons. The molecular formula is C20H26ClNO8S. The number of hydrogen-bond acceptors (Lipinski definition) is 7. The molecule has 3 aliphatic carbocycles. The number of phenolic OH excluding ortho intramolecular Hbond substituents is 1. The Morgan fingerprint density at radius 3 is 2.52 bits per heavy atom. The van der Waals surface area contributed by atoms with E-state index in [1.165, 1.54) is 12.8 Å². The number of halogens is 1. The Hall–Kier alpha value is -1.43. The van der Waals surface area contributed by atoms with Crippen molar-refractivity contribution in [2.24, 2.45) is 5.92 Å². The molecule has 1 spiro atoms. The van der Waals surface area contributed by atoms with Crippen LogP contribution in [-0.4, -0.2) is 69.3 Å². The second-order valence-electron chi connectivity index (χ2n) is 9.16. The van der Waals surface area contributed by atoms with Crippen molar-refractivity contribution in [3.05, 3.63) is 23.3 Å². The minimum atomic E-state index is -4.67. The number of piperidine rings is 1. The summed E-state index contributed by atoms with van der Waals surface area (Å²) < 4.78 is 37.6. The number of rotatable bonds is 2. The third kappa shape index (κ3) is 3.35. The Kier molecular flexibility index (Phi) is 5.35. The summed E-state index contributed by atoms with van der Waals surface area (Å²) in [5, 5.41) is 22.3. The molecule has 9 nitrogen and oxygen atoms in total. The molecule has 0 unspecified atom stereocenters. The normalized spacial score (nSPS) is 35.3. The first-order valence-corrected chi connectivity index (χ1v) is 11.7. The molecule has 3 fully saturated rings. The Morgan fingerprint density at radius 2 is 1.87 bits per heavy atom.